The van der Waals surface area contributed by atoms with Crippen LogP contribution in [0.4, 0.5) is 0 Å². The van der Waals surface area contributed by atoms with Gasteiger partial charge in [-0.05, 0) is 41.8 Å². The highest BCUT2D eigenvalue weighted by Gasteiger charge is 2.43. The van der Waals surface area contributed by atoms with Crippen LogP contribution >= 0.6 is 11.3 Å². The maximum atomic E-state index is 13.3. The third-order valence-electron chi connectivity index (χ3n) is 5.76. The van der Waals surface area contributed by atoms with Crippen molar-refractivity contribution in [1.29, 1.82) is 0 Å². The molecular formula is C26H25NO3S. The first-order valence-corrected chi connectivity index (χ1v) is 11.2. The molecular weight excluding hydrogens is 406 g/mol. The molecule has 1 aromatic carbocycles. The fourth-order valence-corrected chi connectivity index (χ4v) is 5.23. The Balaban J connectivity index is 1.86. The summed E-state index contributed by atoms with van der Waals surface area (Å²) in [6.07, 6.45) is 1.21. The van der Waals surface area contributed by atoms with Crippen LogP contribution in [0.2, 0.25) is 0 Å². The normalized spacial score (nSPS) is 19.9. The highest BCUT2D eigenvalue weighted by molar-refractivity contribution is 7.08. The summed E-state index contributed by atoms with van der Waals surface area (Å²) in [6, 6.07) is 9.77. The number of hydrogen-bond acceptors (Lipinski definition) is 5. The topological polar surface area (TPSA) is 55.4 Å². The average Bonchev–Trinajstić information content (AvgIpc) is 3.18. The Hall–Kier alpha value is -3.10. The van der Waals surface area contributed by atoms with E-state index in [-0.39, 0.29) is 11.2 Å². The lowest BCUT2D eigenvalue weighted by Crippen LogP contribution is -2.38. The standard InChI is InChI=1S/C26H25NO3S/c1-16-22(25(29)30-4)23(24-20(27-16)12-26(2,3)13-21(24)28)19-15-31-14-18(19)11-10-17-8-6-5-7-9-17/h5-9,14-15,23,27H,12-13H2,1-4H3. The Morgan fingerprint density at radius 1 is 1.16 bits per heavy atom. The summed E-state index contributed by atoms with van der Waals surface area (Å²) in [5, 5.41) is 7.32. The first kappa shape index (κ1) is 21.1. The molecule has 0 radical (unpaired) electrons. The number of thiophene rings is 1. The number of Topliss-reactive ketones (excluding diaryl/α,β-unsaturated/α-hetero) is 1. The van der Waals surface area contributed by atoms with E-state index in [0.717, 1.165) is 34.5 Å². The molecule has 2 aromatic rings. The first-order chi connectivity index (χ1) is 14.8. The first-order valence-electron chi connectivity index (χ1n) is 10.3. The third kappa shape index (κ3) is 4.08. The summed E-state index contributed by atoms with van der Waals surface area (Å²) >= 11 is 1.53. The van der Waals surface area contributed by atoms with Crippen molar-refractivity contribution in [1.82, 2.24) is 5.32 Å². The second-order valence-corrected chi connectivity index (χ2v) is 9.52. The number of carbonyl (C=O) groups excluding carboxylic acids is 2. The SMILES string of the molecule is COC(=O)C1=C(C)NC2=C(C(=O)CC(C)(C)C2)C1c1cscc1C#Cc1ccccc1. The summed E-state index contributed by atoms with van der Waals surface area (Å²) in [6.45, 7) is 6.07. The number of carbonyl (C=O) groups is 2. The van der Waals surface area contributed by atoms with Crippen LogP contribution in [0, 0.1) is 17.3 Å². The molecule has 1 aliphatic carbocycles. The number of ether oxygens (including phenoxy) is 1. The van der Waals surface area contributed by atoms with Crippen molar-refractivity contribution in [3.05, 3.63) is 80.3 Å². The zero-order valence-electron chi connectivity index (χ0n) is 18.2. The predicted molar refractivity (Wildman–Crippen MR) is 122 cm³/mol. The molecule has 0 bridgehead atoms. The van der Waals surface area contributed by atoms with Crippen LogP contribution < -0.4 is 5.32 Å². The molecule has 4 nitrogen and oxygen atoms in total. The molecule has 1 unspecified atom stereocenters. The molecule has 31 heavy (non-hydrogen) atoms. The molecule has 2 heterocycles. The molecule has 1 aliphatic heterocycles. The molecule has 5 heteroatoms. The Bertz CT molecular complexity index is 1170. The molecule has 1 N–H and O–H groups in total. The minimum Gasteiger partial charge on any atom is -0.466 e. The van der Waals surface area contributed by atoms with Gasteiger partial charge in [-0.25, -0.2) is 4.79 Å². The van der Waals surface area contributed by atoms with Gasteiger partial charge in [-0.15, -0.1) is 0 Å². The highest BCUT2D eigenvalue weighted by atomic mass is 32.1. The van der Waals surface area contributed by atoms with Crippen molar-refractivity contribution < 1.29 is 14.3 Å². The van der Waals surface area contributed by atoms with E-state index in [4.69, 9.17) is 4.74 Å². The molecule has 158 valence electrons. The minimum atomic E-state index is -0.473. The van der Waals surface area contributed by atoms with Gasteiger partial charge in [0.05, 0.1) is 18.6 Å². The maximum absolute atomic E-state index is 13.3. The van der Waals surface area contributed by atoms with E-state index in [9.17, 15) is 9.59 Å². The Morgan fingerprint density at radius 2 is 1.90 bits per heavy atom. The summed E-state index contributed by atoms with van der Waals surface area (Å²) in [4.78, 5) is 26.1. The van der Waals surface area contributed by atoms with E-state index in [1.54, 1.807) is 0 Å². The lowest BCUT2D eigenvalue weighted by Gasteiger charge is -2.39. The van der Waals surface area contributed by atoms with E-state index >= 15 is 0 Å². The molecule has 1 atom stereocenters. The molecule has 4 rings (SSSR count). The number of dihydropyridines is 1. The summed E-state index contributed by atoms with van der Waals surface area (Å²) in [5.74, 6) is 5.63. The molecule has 1 aromatic heterocycles. The van der Waals surface area contributed by atoms with Crippen molar-refractivity contribution in [2.45, 2.75) is 39.5 Å². The quantitative estimate of drug-likeness (QED) is 0.541. The van der Waals surface area contributed by atoms with Gasteiger partial charge >= 0.3 is 5.97 Å². The van der Waals surface area contributed by atoms with Crippen molar-refractivity contribution >= 4 is 23.1 Å². The van der Waals surface area contributed by atoms with Crippen LogP contribution in [-0.4, -0.2) is 18.9 Å². The van der Waals surface area contributed by atoms with Gasteiger partial charge in [0, 0.05) is 39.9 Å². The number of hydrogen-bond donors (Lipinski definition) is 1. The second-order valence-electron chi connectivity index (χ2n) is 8.78. The van der Waals surface area contributed by atoms with Crippen LogP contribution in [-0.2, 0) is 14.3 Å². The lowest BCUT2D eigenvalue weighted by molar-refractivity contribution is -0.136. The Labute approximate surface area is 187 Å². The Morgan fingerprint density at radius 3 is 2.61 bits per heavy atom. The van der Waals surface area contributed by atoms with Crippen molar-refractivity contribution in [2.24, 2.45) is 5.41 Å². The van der Waals surface area contributed by atoms with Gasteiger partial charge in [-0.1, -0.05) is 43.9 Å². The number of rotatable bonds is 2. The zero-order valence-corrected chi connectivity index (χ0v) is 19.0. The number of methoxy groups -OCH3 is 1. The van der Waals surface area contributed by atoms with E-state index in [0.29, 0.717) is 17.6 Å². The molecule has 0 saturated heterocycles. The van der Waals surface area contributed by atoms with Gasteiger partial charge in [0.25, 0.3) is 0 Å². The monoisotopic (exact) mass is 431 g/mol. The van der Waals surface area contributed by atoms with E-state index in [2.05, 4.69) is 31.0 Å². The summed E-state index contributed by atoms with van der Waals surface area (Å²) < 4.78 is 5.11. The largest absolute Gasteiger partial charge is 0.466 e. The van der Waals surface area contributed by atoms with Crippen molar-refractivity contribution in [3.63, 3.8) is 0 Å². The zero-order chi connectivity index (χ0) is 22.2. The van der Waals surface area contributed by atoms with Gasteiger partial charge in [0.15, 0.2) is 5.78 Å². The maximum Gasteiger partial charge on any atom is 0.336 e. The van der Waals surface area contributed by atoms with Crippen molar-refractivity contribution in [3.8, 4) is 11.8 Å². The molecule has 0 spiro atoms. The van der Waals surface area contributed by atoms with Crippen molar-refractivity contribution in [2.75, 3.05) is 7.11 Å². The average molecular weight is 432 g/mol. The van der Waals surface area contributed by atoms with Crippen LogP contribution in [0.1, 0.15) is 56.2 Å². The smallest absolute Gasteiger partial charge is 0.336 e. The van der Waals surface area contributed by atoms with E-state index in [1.165, 1.54) is 18.4 Å². The number of allylic oxidation sites excluding steroid dienone is 3. The van der Waals surface area contributed by atoms with Gasteiger partial charge in [0.2, 0.25) is 0 Å². The summed E-state index contributed by atoms with van der Waals surface area (Å²) in [5.41, 5.74) is 5.30. The van der Waals surface area contributed by atoms with Gasteiger partial charge in [-0.2, -0.15) is 11.3 Å². The van der Waals surface area contributed by atoms with Crippen LogP contribution in [0.25, 0.3) is 0 Å². The van der Waals surface area contributed by atoms with Gasteiger partial charge < -0.3 is 10.1 Å². The minimum absolute atomic E-state index is 0.0748. The van der Waals surface area contributed by atoms with Gasteiger partial charge in [-0.3, -0.25) is 4.79 Å². The van der Waals surface area contributed by atoms with Gasteiger partial charge in [0.1, 0.15) is 0 Å². The molecule has 2 aliphatic rings. The Kier molecular flexibility index (Phi) is 5.60. The fourth-order valence-electron chi connectivity index (χ4n) is 4.42. The number of esters is 1. The van der Waals surface area contributed by atoms with Crippen LogP contribution in [0.5, 0.6) is 0 Å². The summed E-state index contributed by atoms with van der Waals surface area (Å²) in [7, 11) is 1.37. The number of nitrogens with one attached hydrogen (secondary N) is 1. The van der Waals surface area contributed by atoms with E-state index < -0.39 is 11.9 Å². The fraction of sp³-hybridized carbons (Fsp3) is 0.308. The molecule has 0 amide bonds. The second kappa shape index (κ2) is 8.20. The third-order valence-corrected chi connectivity index (χ3v) is 6.53. The van der Waals surface area contributed by atoms with E-state index in [1.807, 2.05) is 48.0 Å². The molecule has 0 saturated carbocycles. The highest BCUT2D eigenvalue weighted by Crippen LogP contribution is 2.47. The predicted octanol–water partition coefficient (Wildman–Crippen LogP) is 4.92. The lowest BCUT2D eigenvalue weighted by atomic mass is 9.68. The molecule has 0 fully saturated rings. The van der Waals surface area contributed by atoms with Crippen LogP contribution in [0.15, 0.2) is 63.6 Å². The van der Waals surface area contributed by atoms with Crippen LogP contribution in [0.3, 0.4) is 0 Å². The number of ketones is 1. The number of benzene rings is 1.